The maximum Gasteiger partial charge on any atom is 0.310 e. The fraction of sp³-hybridized carbons (Fsp3) is 0.464. The van der Waals surface area contributed by atoms with E-state index in [1.165, 1.54) is 4.90 Å². The van der Waals surface area contributed by atoms with Crippen LogP contribution in [0.5, 0.6) is 0 Å². The van der Waals surface area contributed by atoms with Gasteiger partial charge in [-0.25, -0.2) is 0 Å². The number of aliphatic hydroxyl groups excluding tert-OH is 1. The summed E-state index contributed by atoms with van der Waals surface area (Å²) in [6.45, 7) is 6.04. The monoisotopic (exact) mass is 492 g/mol. The van der Waals surface area contributed by atoms with Crippen molar-refractivity contribution in [3.63, 3.8) is 0 Å². The van der Waals surface area contributed by atoms with Crippen LogP contribution in [0.25, 0.3) is 10.8 Å². The highest BCUT2D eigenvalue weighted by molar-refractivity contribution is 6.05. The molecule has 8 heteroatoms. The Labute approximate surface area is 210 Å². The van der Waals surface area contributed by atoms with E-state index in [0.29, 0.717) is 31.4 Å². The van der Waals surface area contributed by atoms with Gasteiger partial charge in [0.2, 0.25) is 5.91 Å². The van der Waals surface area contributed by atoms with E-state index in [1.54, 1.807) is 17.9 Å². The van der Waals surface area contributed by atoms with Gasteiger partial charge in [-0.15, -0.1) is 6.58 Å². The van der Waals surface area contributed by atoms with Gasteiger partial charge in [0.15, 0.2) is 0 Å². The number of aliphatic hydroxyl groups is 1. The van der Waals surface area contributed by atoms with Crippen molar-refractivity contribution < 1.29 is 29.3 Å². The fourth-order valence-corrected chi connectivity index (χ4v) is 6.66. The summed E-state index contributed by atoms with van der Waals surface area (Å²) in [5, 5.41) is 21.4. The molecular weight excluding hydrogens is 460 g/mol. The molecule has 2 amide bonds. The number of fused-ring (bicyclic) bond motifs is 2. The van der Waals surface area contributed by atoms with Crippen LogP contribution in [0.2, 0.25) is 0 Å². The quantitative estimate of drug-likeness (QED) is 0.412. The van der Waals surface area contributed by atoms with Crippen LogP contribution in [0.1, 0.15) is 32.6 Å². The minimum Gasteiger partial charge on any atom is -0.481 e. The van der Waals surface area contributed by atoms with Crippen LogP contribution in [0.4, 0.5) is 5.69 Å². The third-order valence-electron chi connectivity index (χ3n) is 8.21. The normalized spacial score (nSPS) is 30.6. The standard InChI is InChI=1S/C28H32N2O6/c1-3-14-29(20-11-10-18-8-4-5-9-19(18)17-20)25(33)23-28-13-12-27(2,36-28)22(26(34)35)21(28)24(32)30(23)15-6-7-16-31/h3-5,8-11,17,21-23,31H,1,6-7,12-16H2,2H3,(H,34,35)/t21-,22+,23?,27-,28?/m0/s1. The number of carboxylic acids is 1. The van der Waals surface area contributed by atoms with Gasteiger partial charge in [-0.3, -0.25) is 14.4 Å². The Morgan fingerprint density at radius 1 is 1.19 bits per heavy atom. The Morgan fingerprint density at radius 2 is 1.94 bits per heavy atom. The molecule has 5 atom stereocenters. The molecule has 0 radical (unpaired) electrons. The van der Waals surface area contributed by atoms with E-state index in [4.69, 9.17) is 4.74 Å². The number of benzene rings is 2. The number of aliphatic carboxylic acids is 1. The molecule has 2 N–H and O–H groups in total. The smallest absolute Gasteiger partial charge is 0.310 e. The first-order valence-corrected chi connectivity index (χ1v) is 12.5. The van der Waals surface area contributed by atoms with E-state index in [1.807, 2.05) is 42.5 Å². The number of likely N-dealkylation sites (tertiary alicyclic amines) is 1. The summed E-state index contributed by atoms with van der Waals surface area (Å²) in [4.78, 5) is 43.6. The molecule has 0 saturated carbocycles. The topological polar surface area (TPSA) is 107 Å². The molecule has 3 aliphatic heterocycles. The number of hydrogen-bond acceptors (Lipinski definition) is 5. The molecule has 1 spiro atoms. The number of unbranched alkanes of at least 4 members (excludes halogenated alkanes) is 1. The lowest BCUT2D eigenvalue weighted by atomic mass is 9.66. The number of carbonyl (C=O) groups excluding carboxylic acids is 2. The summed E-state index contributed by atoms with van der Waals surface area (Å²) in [6.07, 6.45) is 3.53. The first kappa shape index (κ1) is 24.5. The third-order valence-corrected chi connectivity index (χ3v) is 8.21. The predicted octanol–water partition coefficient (Wildman–Crippen LogP) is 2.98. The lowest BCUT2D eigenvalue weighted by molar-refractivity contribution is -0.154. The van der Waals surface area contributed by atoms with E-state index in [-0.39, 0.29) is 31.5 Å². The molecule has 0 aliphatic carbocycles. The number of rotatable bonds is 9. The van der Waals surface area contributed by atoms with Gasteiger partial charge in [0, 0.05) is 25.4 Å². The third kappa shape index (κ3) is 3.54. The van der Waals surface area contributed by atoms with E-state index in [2.05, 4.69) is 6.58 Å². The Balaban J connectivity index is 1.58. The molecule has 0 aromatic heterocycles. The lowest BCUT2D eigenvalue weighted by Gasteiger charge is -2.37. The molecule has 3 heterocycles. The van der Waals surface area contributed by atoms with Crippen LogP contribution in [-0.4, -0.2) is 69.8 Å². The molecule has 36 heavy (non-hydrogen) atoms. The minimum absolute atomic E-state index is 0.0266. The van der Waals surface area contributed by atoms with Gasteiger partial charge < -0.3 is 24.7 Å². The van der Waals surface area contributed by atoms with Crippen molar-refractivity contribution in [3.8, 4) is 0 Å². The zero-order valence-corrected chi connectivity index (χ0v) is 20.4. The summed E-state index contributed by atoms with van der Waals surface area (Å²) < 4.78 is 6.45. The van der Waals surface area contributed by atoms with Gasteiger partial charge in [0.25, 0.3) is 5.91 Å². The van der Waals surface area contributed by atoms with Crippen molar-refractivity contribution in [1.29, 1.82) is 0 Å². The molecule has 2 bridgehead atoms. The molecule has 3 aliphatic rings. The van der Waals surface area contributed by atoms with Gasteiger partial charge in [-0.05, 0) is 55.5 Å². The predicted molar refractivity (Wildman–Crippen MR) is 134 cm³/mol. The van der Waals surface area contributed by atoms with Crippen LogP contribution in [0, 0.1) is 11.8 Å². The number of ether oxygens (including phenoxy) is 1. The average molecular weight is 493 g/mol. The first-order chi connectivity index (χ1) is 17.3. The largest absolute Gasteiger partial charge is 0.481 e. The molecule has 190 valence electrons. The molecule has 8 nitrogen and oxygen atoms in total. The minimum atomic E-state index is -1.19. The van der Waals surface area contributed by atoms with Gasteiger partial charge in [0.1, 0.15) is 11.6 Å². The van der Waals surface area contributed by atoms with E-state index in [0.717, 1.165) is 10.8 Å². The van der Waals surface area contributed by atoms with Crippen molar-refractivity contribution >= 4 is 34.2 Å². The fourth-order valence-electron chi connectivity index (χ4n) is 6.66. The number of anilines is 1. The maximum absolute atomic E-state index is 14.4. The Hall–Kier alpha value is -3.23. The maximum atomic E-state index is 14.4. The van der Waals surface area contributed by atoms with Crippen LogP contribution in [0.15, 0.2) is 55.1 Å². The second-order valence-corrected chi connectivity index (χ2v) is 10.3. The Morgan fingerprint density at radius 3 is 2.64 bits per heavy atom. The SMILES string of the molecule is C=CCN(C(=O)C1N(CCCCO)C(=O)[C@@H]2[C@H](C(=O)O)[C@]3(C)CCC12O3)c1ccc2ccccc2c1. The van der Waals surface area contributed by atoms with Gasteiger partial charge in [0.05, 0.1) is 17.4 Å². The number of hydrogen-bond donors (Lipinski definition) is 2. The lowest BCUT2D eigenvalue weighted by Crippen LogP contribution is -2.56. The first-order valence-electron chi connectivity index (χ1n) is 12.5. The van der Waals surface area contributed by atoms with Crippen LogP contribution in [0.3, 0.4) is 0 Å². The van der Waals surface area contributed by atoms with Gasteiger partial charge in [-0.2, -0.15) is 0 Å². The van der Waals surface area contributed by atoms with Crippen molar-refractivity contribution in [2.24, 2.45) is 11.8 Å². The average Bonchev–Trinajstić information content (AvgIpc) is 3.43. The summed E-state index contributed by atoms with van der Waals surface area (Å²) in [5.41, 5.74) is -1.51. The zero-order valence-electron chi connectivity index (χ0n) is 20.4. The number of nitrogens with zero attached hydrogens (tertiary/aromatic N) is 2. The molecule has 2 unspecified atom stereocenters. The summed E-state index contributed by atoms with van der Waals surface area (Å²) in [5.74, 6) is -3.65. The second-order valence-electron chi connectivity index (χ2n) is 10.3. The van der Waals surface area contributed by atoms with Gasteiger partial charge >= 0.3 is 5.97 Å². The van der Waals surface area contributed by atoms with Crippen LogP contribution in [-0.2, 0) is 19.1 Å². The zero-order chi connectivity index (χ0) is 25.7. The summed E-state index contributed by atoms with van der Waals surface area (Å²) in [7, 11) is 0. The van der Waals surface area contributed by atoms with E-state index < -0.39 is 35.0 Å². The van der Waals surface area contributed by atoms with E-state index in [9.17, 15) is 24.6 Å². The number of carboxylic acid groups (broad SMARTS) is 1. The molecular formula is C28H32N2O6. The molecule has 3 fully saturated rings. The van der Waals surface area contributed by atoms with Crippen molar-refractivity contribution in [2.75, 3.05) is 24.6 Å². The van der Waals surface area contributed by atoms with Crippen molar-refractivity contribution in [2.45, 2.75) is 49.9 Å². The molecule has 3 saturated heterocycles. The van der Waals surface area contributed by atoms with Crippen LogP contribution >= 0.6 is 0 Å². The van der Waals surface area contributed by atoms with Crippen LogP contribution < -0.4 is 4.90 Å². The Bertz CT molecular complexity index is 1230. The van der Waals surface area contributed by atoms with Crippen molar-refractivity contribution in [3.05, 3.63) is 55.1 Å². The molecule has 5 rings (SSSR count). The molecule has 2 aromatic carbocycles. The van der Waals surface area contributed by atoms with Crippen molar-refractivity contribution in [1.82, 2.24) is 4.90 Å². The molecule has 2 aromatic rings. The number of carbonyl (C=O) groups is 3. The highest BCUT2D eigenvalue weighted by Crippen LogP contribution is 2.63. The van der Waals surface area contributed by atoms with Gasteiger partial charge in [-0.1, -0.05) is 36.4 Å². The Kier molecular flexibility index (Phi) is 6.12. The highest BCUT2D eigenvalue weighted by Gasteiger charge is 2.78. The van der Waals surface area contributed by atoms with E-state index >= 15 is 0 Å². The summed E-state index contributed by atoms with van der Waals surface area (Å²) in [6, 6.07) is 12.7. The summed E-state index contributed by atoms with van der Waals surface area (Å²) >= 11 is 0. The highest BCUT2D eigenvalue weighted by atomic mass is 16.5. The number of amides is 2. The second kappa shape index (κ2) is 9.01.